The van der Waals surface area contributed by atoms with Crippen LogP contribution in [0.2, 0.25) is 0 Å². The molecule has 0 amide bonds. The first kappa shape index (κ1) is 16.3. The highest BCUT2D eigenvalue weighted by Gasteiger charge is 2.31. The maximum Gasteiger partial charge on any atom is 0.123 e. The molecule has 21 heavy (non-hydrogen) atoms. The molecule has 1 aromatic rings. The van der Waals surface area contributed by atoms with E-state index in [9.17, 15) is 0 Å². The lowest BCUT2D eigenvalue weighted by Crippen LogP contribution is -2.24. The third kappa shape index (κ3) is 4.72. The zero-order valence-electron chi connectivity index (χ0n) is 13.9. The quantitative estimate of drug-likeness (QED) is 0.746. The molecule has 0 radical (unpaired) electrons. The van der Waals surface area contributed by atoms with Crippen LogP contribution in [-0.4, -0.2) is 32.9 Å². The lowest BCUT2D eigenvalue weighted by atomic mass is 9.86. The summed E-state index contributed by atoms with van der Waals surface area (Å²) in [6, 6.07) is 6.53. The molecule has 0 aromatic heterocycles. The lowest BCUT2D eigenvalue weighted by molar-refractivity contribution is 0.138. The fraction of sp³-hybridized carbons (Fsp3) is 0.667. The summed E-state index contributed by atoms with van der Waals surface area (Å²) in [5.41, 5.74) is 2.80. The highest BCUT2D eigenvalue weighted by Crippen LogP contribution is 2.38. The van der Waals surface area contributed by atoms with Crippen LogP contribution in [-0.2, 0) is 16.6 Å². The number of rotatable bonds is 8. The molecular weight excluding hydrogens is 262 g/mol. The van der Waals surface area contributed by atoms with Gasteiger partial charge in [-0.1, -0.05) is 39.8 Å². The average Bonchev–Trinajstić information content (AvgIpc) is 2.73. The summed E-state index contributed by atoms with van der Waals surface area (Å²) in [7, 11) is 0. The molecule has 1 aliphatic heterocycles. The summed E-state index contributed by atoms with van der Waals surface area (Å²) in [5.74, 6) is 1.74. The summed E-state index contributed by atoms with van der Waals surface area (Å²) in [6.45, 7) is 13.2. The second-order valence-corrected chi connectivity index (χ2v) is 6.96. The maximum atomic E-state index is 5.72. The van der Waals surface area contributed by atoms with Crippen molar-refractivity contribution in [2.24, 2.45) is 5.92 Å². The van der Waals surface area contributed by atoms with Gasteiger partial charge in [0.15, 0.2) is 0 Å². The third-order valence-corrected chi connectivity index (χ3v) is 3.87. The molecule has 0 aliphatic carbocycles. The van der Waals surface area contributed by atoms with Crippen molar-refractivity contribution in [2.75, 3.05) is 32.9 Å². The first-order chi connectivity index (χ1) is 9.99. The van der Waals surface area contributed by atoms with Gasteiger partial charge in [0.25, 0.3) is 0 Å². The molecule has 2 rings (SSSR count). The predicted molar refractivity (Wildman–Crippen MR) is 87.2 cm³/mol. The van der Waals surface area contributed by atoms with Crippen molar-refractivity contribution in [3.05, 3.63) is 29.3 Å². The summed E-state index contributed by atoms with van der Waals surface area (Å²) >= 11 is 0. The molecule has 0 spiro atoms. The van der Waals surface area contributed by atoms with Crippen LogP contribution in [0.25, 0.3) is 0 Å². The predicted octanol–water partition coefficient (Wildman–Crippen LogP) is 3.16. The Balaban J connectivity index is 1.70. The lowest BCUT2D eigenvalue weighted by Gasteiger charge is -2.16. The fourth-order valence-electron chi connectivity index (χ4n) is 2.55. The van der Waals surface area contributed by atoms with E-state index in [-0.39, 0.29) is 5.41 Å². The third-order valence-electron chi connectivity index (χ3n) is 3.87. The van der Waals surface area contributed by atoms with Crippen LogP contribution in [0, 0.1) is 5.92 Å². The smallest absolute Gasteiger partial charge is 0.123 e. The molecule has 1 heterocycles. The van der Waals surface area contributed by atoms with Crippen molar-refractivity contribution in [1.82, 2.24) is 5.32 Å². The molecular formula is C18H29NO2. The van der Waals surface area contributed by atoms with Crippen LogP contribution in [0.5, 0.6) is 5.75 Å². The number of benzene rings is 1. The average molecular weight is 291 g/mol. The van der Waals surface area contributed by atoms with E-state index >= 15 is 0 Å². The monoisotopic (exact) mass is 291 g/mol. The van der Waals surface area contributed by atoms with Gasteiger partial charge in [0.2, 0.25) is 0 Å². The molecule has 0 saturated heterocycles. The minimum absolute atomic E-state index is 0.132. The second kappa shape index (κ2) is 7.28. The first-order valence-corrected chi connectivity index (χ1v) is 8.04. The number of fused-ring (bicyclic) bond motifs is 1. The fourth-order valence-corrected chi connectivity index (χ4v) is 2.55. The number of hydrogen-bond donors (Lipinski definition) is 1. The van der Waals surface area contributed by atoms with Gasteiger partial charge in [0.1, 0.15) is 5.75 Å². The van der Waals surface area contributed by atoms with E-state index in [4.69, 9.17) is 9.47 Å². The van der Waals surface area contributed by atoms with Crippen molar-refractivity contribution in [3.8, 4) is 5.75 Å². The van der Waals surface area contributed by atoms with E-state index in [0.29, 0.717) is 5.92 Å². The van der Waals surface area contributed by atoms with Gasteiger partial charge in [-0.3, -0.25) is 0 Å². The zero-order chi connectivity index (χ0) is 15.3. The van der Waals surface area contributed by atoms with Gasteiger partial charge >= 0.3 is 0 Å². The first-order valence-electron chi connectivity index (χ1n) is 8.04. The standard InChI is InChI=1S/C18H29NO2/c1-14(2)12-19-8-10-20-9-7-15-5-6-17-16(11-15)18(3,4)13-21-17/h5-6,11,14,19H,7-10,12-13H2,1-4H3. The minimum Gasteiger partial charge on any atom is -0.492 e. The highest BCUT2D eigenvalue weighted by atomic mass is 16.5. The van der Waals surface area contributed by atoms with Gasteiger partial charge in [-0.25, -0.2) is 0 Å². The molecule has 1 aromatic carbocycles. The summed E-state index contributed by atoms with van der Waals surface area (Å²) in [6.07, 6.45) is 0.966. The van der Waals surface area contributed by atoms with Crippen LogP contribution in [0.4, 0.5) is 0 Å². The molecule has 1 N–H and O–H groups in total. The van der Waals surface area contributed by atoms with E-state index in [0.717, 1.165) is 45.1 Å². The number of nitrogens with one attached hydrogen (secondary N) is 1. The van der Waals surface area contributed by atoms with Crippen molar-refractivity contribution >= 4 is 0 Å². The van der Waals surface area contributed by atoms with Crippen molar-refractivity contribution in [3.63, 3.8) is 0 Å². The van der Waals surface area contributed by atoms with Crippen molar-refractivity contribution in [2.45, 2.75) is 39.5 Å². The van der Waals surface area contributed by atoms with Gasteiger partial charge in [0.05, 0.1) is 19.8 Å². The minimum atomic E-state index is 0.132. The zero-order valence-corrected chi connectivity index (χ0v) is 13.9. The van der Waals surface area contributed by atoms with E-state index in [1.165, 1.54) is 11.1 Å². The highest BCUT2D eigenvalue weighted by molar-refractivity contribution is 5.45. The van der Waals surface area contributed by atoms with Gasteiger partial charge in [0, 0.05) is 17.5 Å². The Morgan fingerprint density at radius 1 is 1.29 bits per heavy atom. The summed E-state index contributed by atoms with van der Waals surface area (Å²) < 4.78 is 11.4. The van der Waals surface area contributed by atoms with Gasteiger partial charge in [-0.2, -0.15) is 0 Å². The molecule has 0 bridgehead atoms. The topological polar surface area (TPSA) is 30.5 Å². The van der Waals surface area contributed by atoms with Crippen LogP contribution in [0.15, 0.2) is 18.2 Å². The summed E-state index contributed by atoms with van der Waals surface area (Å²) in [5, 5.41) is 3.39. The van der Waals surface area contributed by atoms with Crippen LogP contribution in [0.3, 0.4) is 0 Å². The Morgan fingerprint density at radius 3 is 2.86 bits per heavy atom. The van der Waals surface area contributed by atoms with E-state index in [1.807, 2.05) is 0 Å². The van der Waals surface area contributed by atoms with Crippen LogP contribution < -0.4 is 10.1 Å². The van der Waals surface area contributed by atoms with Crippen LogP contribution in [0.1, 0.15) is 38.8 Å². The molecule has 1 aliphatic rings. The molecule has 0 unspecified atom stereocenters. The van der Waals surface area contributed by atoms with Crippen molar-refractivity contribution in [1.29, 1.82) is 0 Å². The normalized spacial score (nSPS) is 16.0. The maximum absolute atomic E-state index is 5.72. The van der Waals surface area contributed by atoms with E-state index < -0.39 is 0 Å². The molecule has 3 heteroatoms. The van der Waals surface area contributed by atoms with Gasteiger partial charge < -0.3 is 14.8 Å². The SMILES string of the molecule is CC(C)CNCCOCCc1ccc2c(c1)C(C)(C)CO2. The Morgan fingerprint density at radius 2 is 2.10 bits per heavy atom. The molecule has 118 valence electrons. The largest absolute Gasteiger partial charge is 0.492 e. The Bertz CT molecular complexity index is 455. The Hall–Kier alpha value is -1.06. The Kier molecular flexibility index (Phi) is 5.65. The van der Waals surface area contributed by atoms with Gasteiger partial charge in [-0.05, 0) is 30.5 Å². The van der Waals surface area contributed by atoms with E-state index in [1.54, 1.807) is 0 Å². The molecule has 0 saturated carbocycles. The molecule has 0 atom stereocenters. The second-order valence-electron chi connectivity index (χ2n) is 6.96. The number of ether oxygens (including phenoxy) is 2. The molecule has 0 fully saturated rings. The van der Waals surface area contributed by atoms with Crippen molar-refractivity contribution < 1.29 is 9.47 Å². The van der Waals surface area contributed by atoms with Gasteiger partial charge in [-0.15, -0.1) is 0 Å². The molecule has 3 nitrogen and oxygen atoms in total. The van der Waals surface area contributed by atoms with E-state index in [2.05, 4.69) is 51.2 Å². The summed E-state index contributed by atoms with van der Waals surface area (Å²) in [4.78, 5) is 0. The number of hydrogen-bond acceptors (Lipinski definition) is 3. The van der Waals surface area contributed by atoms with Crippen LogP contribution >= 0.6 is 0 Å². The Labute approximate surface area is 129 Å².